The van der Waals surface area contributed by atoms with Crippen LogP contribution in [-0.4, -0.2) is 61.2 Å². The molecule has 0 N–H and O–H groups in total. The number of carbonyl (C=O) groups excluding carboxylic acids is 1. The van der Waals surface area contributed by atoms with Crippen molar-refractivity contribution in [1.82, 2.24) is 9.21 Å². The van der Waals surface area contributed by atoms with E-state index in [0.717, 1.165) is 5.56 Å². The van der Waals surface area contributed by atoms with Gasteiger partial charge in [0.25, 0.3) is 0 Å². The summed E-state index contributed by atoms with van der Waals surface area (Å²) >= 11 is 0. The Morgan fingerprint density at radius 3 is 2.21 bits per heavy atom. The molecular formula is C17H26N2O4S. The lowest BCUT2D eigenvalue weighted by atomic mass is 10.2. The van der Waals surface area contributed by atoms with Crippen LogP contribution in [0.2, 0.25) is 0 Å². The van der Waals surface area contributed by atoms with E-state index in [-0.39, 0.29) is 11.8 Å². The van der Waals surface area contributed by atoms with Crippen molar-refractivity contribution in [1.29, 1.82) is 0 Å². The lowest BCUT2D eigenvalue weighted by molar-refractivity contribution is 0.0192. The molecule has 1 aliphatic heterocycles. The maximum Gasteiger partial charge on any atom is 0.410 e. The Morgan fingerprint density at radius 2 is 1.67 bits per heavy atom. The molecule has 1 aromatic rings. The van der Waals surface area contributed by atoms with Crippen molar-refractivity contribution >= 4 is 16.1 Å². The molecule has 0 radical (unpaired) electrons. The first-order valence-corrected chi connectivity index (χ1v) is 9.78. The van der Waals surface area contributed by atoms with Crippen molar-refractivity contribution < 1.29 is 17.9 Å². The van der Waals surface area contributed by atoms with Gasteiger partial charge in [0.05, 0.1) is 5.75 Å². The van der Waals surface area contributed by atoms with Gasteiger partial charge in [0.1, 0.15) is 5.60 Å². The number of piperazine rings is 1. The zero-order valence-electron chi connectivity index (χ0n) is 14.6. The molecule has 1 amide bonds. The second-order valence-corrected chi connectivity index (χ2v) is 9.01. The van der Waals surface area contributed by atoms with Crippen LogP contribution in [0.3, 0.4) is 0 Å². The first-order valence-electron chi connectivity index (χ1n) is 8.17. The van der Waals surface area contributed by atoms with E-state index in [1.54, 1.807) is 4.90 Å². The van der Waals surface area contributed by atoms with E-state index in [1.807, 2.05) is 51.1 Å². The lowest BCUT2D eigenvalue weighted by Gasteiger charge is -2.35. The molecule has 0 saturated carbocycles. The maximum absolute atomic E-state index is 12.5. The molecule has 2 rings (SSSR count). The van der Waals surface area contributed by atoms with Gasteiger partial charge in [-0.25, -0.2) is 13.2 Å². The number of hydrogen-bond donors (Lipinski definition) is 0. The van der Waals surface area contributed by atoms with Crippen LogP contribution in [0.5, 0.6) is 0 Å². The van der Waals surface area contributed by atoms with Crippen LogP contribution in [0, 0.1) is 0 Å². The van der Waals surface area contributed by atoms with Crippen molar-refractivity contribution in [3.8, 4) is 0 Å². The number of hydrogen-bond acceptors (Lipinski definition) is 4. The van der Waals surface area contributed by atoms with E-state index in [4.69, 9.17) is 4.74 Å². The van der Waals surface area contributed by atoms with Gasteiger partial charge in [-0.05, 0) is 32.8 Å². The van der Waals surface area contributed by atoms with E-state index < -0.39 is 15.6 Å². The highest BCUT2D eigenvalue weighted by molar-refractivity contribution is 7.89. The van der Waals surface area contributed by atoms with Crippen molar-refractivity contribution in [2.75, 3.05) is 31.9 Å². The summed E-state index contributed by atoms with van der Waals surface area (Å²) in [5.41, 5.74) is 0.462. The largest absolute Gasteiger partial charge is 0.444 e. The summed E-state index contributed by atoms with van der Waals surface area (Å²) in [6.45, 7) is 6.80. The van der Waals surface area contributed by atoms with E-state index >= 15 is 0 Å². The van der Waals surface area contributed by atoms with E-state index in [1.165, 1.54) is 4.31 Å². The Hall–Kier alpha value is -1.60. The van der Waals surface area contributed by atoms with Crippen LogP contribution in [0.1, 0.15) is 26.3 Å². The maximum atomic E-state index is 12.5. The lowest BCUT2D eigenvalue weighted by Crippen LogP contribution is -2.52. The van der Waals surface area contributed by atoms with Gasteiger partial charge in [-0.3, -0.25) is 0 Å². The second-order valence-electron chi connectivity index (χ2n) is 6.92. The molecule has 0 atom stereocenters. The third kappa shape index (κ3) is 5.49. The number of ether oxygens (including phenoxy) is 1. The zero-order chi connectivity index (χ0) is 17.8. The van der Waals surface area contributed by atoms with Gasteiger partial charge in [-0.15, -0.1) is 0 Å². The number of amides is 1. The van der Waals surface area contributed by atoms with Crippen molar-refractivity contribution in [2.45, 2.75) is 32.8 Å². The van der Waals surface area contributed by atoms with Crippen LogP contribution in [0.25, 0.3) is 0 Å². The highest BCUT2D eigenvalue weighted by Crippen LogP contribution is 2.14. The van der Waals surface area contributed by atoms with Gasteiger partial charge in [-0.1, -0.05) is 30.3 Å². The average Bonchev–Trinajstić information content (AvgIpc) is 2.53. The fraction of sp³-hybridized carbons (Fsp3) is 0.588. The molecule has 0 aromatic heterocycles. The molecule has 0 aliphatic carbocycles. The Bertz CT molecular complexity index is 645. The van der Waals surface area contributed by atoms with Gasteiger partial charge < -0.3 is 9.64 Å². The molecule has 134 valence electrons. The van der Waals surface area contributed by atoms with E-state index in [0.29, 0.717) is 32.6 Å². The summed E-state index contributed by atoms with van der Waals surface area (Å²) in [4.78, 5) is 13.6. The van der Waals surface area contributed by atoms with Crippen LogP contribution in [0.4, 0.5) is 4.79 Å². The normalized spacial score (nSPS) is 16.9. The van der Waals surface area contributed by atoms with E-state index in [9.17, 15) is 13.2 Å². The SMILES string of the molecule is CC(C)(C)OC(=O)N1CCN(S(=O)(=O)CCc2ccccc2)CC1. The van der Waals surface area contributed by atoms with Crippen molar-refractivity contribution in [2.24, 2.45) is 0 Å². The molecule has 1 aliphatic rings. The van der Waals surface area contributed by atoms with Crippen LogP contribution in [-0.2, 0) is 21.2 Å². The van der Waals surface area contributed by atoms with Gasteiger partial charge in [-0.2, -0.15) is 4.31 Å². The number of aryl methyl sites for hydroxylation is 1. The van der Waals surface area contributed by atoms with Gasteiger partial charge >= 0.3 is 6.09 Å². The standard InChI is InChI=1S/C17H26N2O4S/c1-17(2,3)23-16(20)18-10-12-19(13-11-18)24(21,22)14-9-15-7-5-4-6-8-15/h4-8H,9-14H2,1-3H3. The highest BCUT2D eigenvalue weighted by atomic mass is 32.2. The summed E-state index contributed by atoms with van der Waals surface area (Å²) in [7, 11) is -3.31. The average molecular weight is 354 g/mol. The van der Waals surface area contributed by atoms with Crippen LogP contribution >= 0.6 is 0 Å². The third-order valence-electron chi connectivity index (χ3n) is 3.78. The van der Waals surface area contributed by atoms with Gasteiger partial charge in [0.15, 0.2) is 0 Å². The summed E-state index contributed by atoms with van der Waals surface area (Å²) < 4.78 is 31.7. The Kier molecular flexibility index (Phi) is 5.87. The molecule has 1 saturated heterocycles. The van der Waals surface area contributed by atoms with Crippen LogP contribution < -0.4 is 0 Å². The first-order chi connectivity index (χ1) is 11.2. The quantitative estimate of drug-likeness (QED) is 0.831. The number of sulfonamides is 1. The fourth-order valence-corrected chi connectivity index (χ4v) is 3.97. The Morgan fingerprint density at radius 1 is 1.08 bits per heavy atom. The predicted molar refractivity (Wildman–Crippen MR) is 93.3 cm³/mol. The highest BCUT2D eigenvalue weighted by Gasteiger charge is 2.30. The number of nitrogens with zero attached hydrogens (tertiary/aromatic N) is 2. The topological polar surface area (TPSA) is 66.9 Å². The molecule has 1 fully saturated rings. The first kappa shape index (κ1) is 18.7. The number of rotatable bonds is 4. The molecule has 24 heavy (non-hydrogen) atoms. The Balaban J connectivity index is 1.85. The summed E-state index contributed by atoms with van der Waals surface area (Å²) in [5.74, 6) is 0.0868. The molecule has 6 nitrogen and oxygen atoms in total. The minimum atomic E-state index is -3.31. The minimum absolute atomic E-state index is 0.0868. The Labute approximate surface area is 144 Å². The van der Waals surface area contributed by atoms with E-state index in [2.05, 4.69) is 0 Å². The molecular weight excluding hydrogens is 328 g/mol. The van der Waals surface area contributed by atoms with Gasteiger partial charge in [0.2, 0.25) is 10.0 Å². The molecule has 0 bridgehead atoms. The smallest absolute Gasteiger partial charge is 0.410 e. The summed E-state index contributed by atoms with van der Waals surface area (Å²) in [6.07, 6.45) is 0.110. The monoisotopic (exact) mass is 354 g/mol. The second kappa shape index (κ2) is 7.53. The zero-order valence-corrected chi connectivity index (χ0v) is 15.4. The van der Waals surface area contributed by atoms with Crippen molar-refractivity contribution in [3.63, 3.8) is 0 Å². The molecule has 1 aromatic carbocycles. The molecule has 0 unspecified atom stereocenters. The van der Waals surface area contributed by atoms with Crippen molar-refractivity contribution in [3.05, 3.63) is 35.9 Å². The van der Waals surface area contributed by atoms with Crippen LogP contribution in [0.15, 0.2) is 30.3 Å². The minimum Gasteiger partial charge on any atom is -0.444 e. The predicted octanol–water partition coefficient (Wildman–Crippen LogP) is 2.11. The third-order valence-corrected chi connectivity index (χ3v) is 5.65. The summed E-state index contributed by atoms with van der Waals surface area (Å²) in [6, 6.07) is 9.57. The van der Waals surface area contributed by atoms with Gasteiger partial charge in [0, 0.05) is 26.2 Å². The number of carbonyl (C=O) groups is 1. The molecule has 7 heteroatoms. The fourth-order valence-electron chi connectivity index (χ4n) is 2.50. The molecule has 0 spiro atoms. The molecule has 1 heterocycles. The summed E-state index contributed by atoms with van der Waals surface area (Å²) in [5, 5.41) is 0. The number of benzene rings is 1.